The average Bonchev–Trinajstić information content (AvgIpc) is 2.38. The van der Waals surface area contributed by atoms with Crippen molar-refractivity contribution in [1.29, 1.82) is 0 Å². The van der Waals surface area contributed by atoms with Crippen LogP contribution in [-0.2, 0) is 11.2 Å². The molecule has 0 N–H and O–H groups in total. The van der Waals surface area contributed by atoms with Crippen LogP contribution in [0.3, 0.4) is 0 Å². The van der Waals surface area contributed by atoms with Gasteiger partial charge in [-0.2, -0.15) is 0 Å². The fraction of sp³-hybridized carbons (Fsp3) is 0.273. The second kappa shape index (κ2) is 4.77. The molecule has 7 nitrogen and oxygen atoms in total. The normalized spacial score (nSPS) is 13.4. The van der Waals surface area contributed by atoms with Crippen LogP contribution in [0.25, 0.3) is 5.53 Å². The van der Waals surface area contributed by atoms with E-state index in [1.807, 2.05) is 12.1 Å². The molecule has 0 fully saturated rings. The SMILES string of the molecule is [N-]=[N+]=C(C(=O)N1CCCc2ccccc21)[N+](=O)[O-]. The standard InChI is InChI=1S/C11H10N4O3/c12-13-10(15(17)18)11(16)14-7-3-5-8-4-1-2-6-9(8)14/h1-2,4,6H,3,5,7H2. The van der Waals surface area contributed by atoms with Crippen LogP contribution in [0.1, 0.15) is 12.0 Å². The van der Waals surface area contributed by atoms with Crippen LogP contribution in [0.5, 0.6) is 0 Å². The minimum atomic E-state index is -1.06. The van der Waals surface area contributed by atoms with Gasteiger partial charge >= 0.3 is 11.7 Å². The van der Waals surface area contributed by atoms with Crippen LogP contribution >= 0.6 is 0 Å². The van der Waals surface area contributed by atoms with Crippen molar-refractivity contribution in [2.75, 3.05) is 11.4 Å². The highest BCUT2D eigenvalue weighted by molar-refractivity contribution is 6.37. The van der Waals surface area contributed by atoms with Crippen LogP contribution < -0.4 is 4.90 Å². The Hall–Kier alpha value is -2.53. The van der Waals surface area contributed by atoms with E-state index in [2.05, 4.69) is 4.79 Å². The molecule has 18 heavy (non-hydrogen) atoms. The molecule has 1 aromatic rings. The van der Waals surface area contributed by atoms with Gasteiger partial charge in [-0.1, -0.05) is 23.0 Å². The van der Waals surface area contributed by atoms with Crippen molar-refractivity contribution >= 4 is 17.4 Å². The van der Waals surface area contributed by atoms with Crippen molar-refractivity contribution in [3.05, 3.63) is 45.5 Å². The van der Waals surface area contributed by atoms with E-state index in [9.17, 15) is 14.9 Å². The summed E-state index contributed by atoms with van der Waals surface area (Å²) in [4.78, 5) is 25.3. The molecule has 0 saturated heterocycles. The number of para-hydroxylation sites is 1. The Morgan fingerprint density at radius 2 is 2.17 bits per heavy atom. The maximum atomic E-state index is 11.9. The number of aryl methyl sites for hydroxylation is 1. The minimum Gasteiger partial charge on any atom is -0.354 e. The number of nitro groups is 1. The van der Waals surface area contributed by atoms with Gasteiger partial charge in [-0.3, -0.25) is 19.8 Å². The van der Waals surface area contributed by atoms with E-state index in [0.29, 0.717) is 12.2 Å². The molecule has 1 aliphatic rings. The first-order chi connectivity index (χ1) is 8.65. The lowest BCUT2D eigenvalue weighted by Crippen LogP contribution is -2.43. The Bertz CT molecular complexity index is 563. The van der Waals surface area contributed by atoms with E-state index in [1.54, 1.807) is 12.1 Å². The van der Waals surface area contributed by atoms with E-state index < -0.39 is 16.7 Å². The zero-order chi connectivity index (χ0) is 13.1. The molecule has 0 radical (unpaired) electrons. The molecule has 92 valence electrons. The summed E-state index contributed by atoms with van der Waals surface area (Å²) in [6, 6.07) is 7.20. The van der Waals surface area contributed by atoms with Crippen molar-refractivity contribution in [3.8, 4) is 0 Å². The number of amidine groups is 1. The summed E-state index contributed by atoms with van der Waals surface area (Å²) in [6.07, 6.45) is 1.54. The van der Waals surface area contributed by atoms with Gasteiger partial charge in [0.15, 0.2) is 4.92 Å². The summed E-state index contributed by atoms with van der Waals surface area (Å²) in [5.74, 6) is -1.96. The zero-order valence-corrected chi connectivity index (χ0v) is 9.44. The third kappa shape index (κ3) is 1.99. The van der Waals surface area contributed by atoms with Crippen molar-refractivity contribution < 1.29 is 14.5 Å². The molecule has 0 saturated carbocycles. The molecule has 2 rings (SSSR count). The second-order valence-electron chi connectivity index (χ2n) is 3.87. The summed E-state index contributed by atoms with van der Waals surface area (Å²) >= 11 is 0. The molecule has 1 heterocycles. The van der Waals surface area contributed by atoms with Gasteiger partial charge in [-0.05, 0) is 24.5 Å². The number of hydrogen-bond donors (Lipinski definition) is 0. The number of fused-ring (bicyclic) bond motifs is 1. The fourth-order valence-corrected chi connectivity index (χ4v) is 2.02. The lowest BCUT2D eigenvalue weighted by atomic mass is 10.0. The van der Waals surface area contributed by atoms with Crippen molar-refractivity contribution in [3.63, 3.8) is 0 Å². The molecular weight excluding hydrogens is 236 g/mol. The molecule has 0 bridgehead atoms. The number of rotatable bonds is 0. The molecule has 0 spiro atoms. The van der Waals surface area contributed by atoms with Crippen LogP contribution in [0.4, 0.5) is 5.69 Å². The molecule has 1 aromatic carbocycles. The quantitative estimate of drug-likeness (QED) is 0.169. The highest BCUT2D eigenvalue weighted by Gasteiger charge is 2.40. The van der Waals surface area contributed by atoms with Crippen molar-refractivity contribution in [1.82, 2.24) is 0 Å². The number of amides is 1. The van der Waals surface area contributed by atoms with Gasteiger partial charge in [0.1, 0.15) is 0 Å². The molecule has 1 aliphatic heterocycles. The topological polar surface area (TPSA) is 99.9 Å². The lowest BCUT2D eigenvalue weighted by molar-refractivity contribution is -0.381. The largest absolute Gasteiger partial charge is 0.670 e. The summed E-state index contributed by atoms with van der Waals surface area (Å²) in [5.41, 5.74) is 10.1. The second-order valence-corrected chi connectivity index (χ2v) is 3.87. The maximum Gasteiger partial charge on any atom is 0.670 e. The zero-order valence-electron chi connectivity index (χ0n) is 9.44. The summed E-state index contributed by atoms with van der Waals surface area (Å²) in [7, 11) is 0. The first kappa shape index (κ1) is 11.9. The molecule has 0 aliphatic carbocycles. The summed E-state index contributed by atoms with van der Waals surface area (Å²) < 4.78 is 0. The van der Waals surface area contributed by atoms with E-state index in [4.69, 9.17) is 5.53 Å². The Kier molecular flexibility index (Phi) is 3.16. The number of hydrogen-bond acceptors (Lipinski definition) is 3. The van der Waals surface area contributed by atoms with Gasteiger partial charge in [0, 0.05) is 12.2 Å². The predicted molar refractivity (Wildman–Crippen MR) is 62.7 cm³/mol. The number of nitrogens with zero attached hydrogens (tertiary/aromatic N) is 4. The van der Waals surface area contributed by atoms with Crippen LogP contribution in [0.2, 0.25) is 0 Å². The van der Waals surface area contributed by atoms with Crippen LogP contribution in [0.15, 0.2) is 24.3 Å². The van der Waals surface area contributed by atoms with Crippen LogP contribution in [0, 0.1) is 10.1 Å². The first-order valence-electron chi connectivity index (χ1n) is 5.41. The minimum absolute atomic E-state index is 0.378. The molecule has 0 aromatic heterocycles. The number of carbonyl (C=O) groups is 1. The van der Waals surface area contributed by atoms with Gasteiger partial charge in [0.25, 0.3) is 0 Å². The third-order valence-corrected chi connectivity index (χ3v) is 2.81. The smallest absolute Gasteiger partial charge is 0.354 e. The van der Waals surface area contributed by atoms with Crippen molar-refractivity contribution in [2.45, 2.75) is 12.8 Å². The van der Waals surface area contributed by atoms with Gasteiger partial charge < -0.3 is 5.53 Å². The van der Waals surface area contributed by atoms with E-state index >= 15 is 0 Å². The number of carbonyl (C=O) groups excluding carboxylic acids is 1. The fourth-order valence-electron chi connectivity index (χ4n) is 2.02. The number of anilines is 1. The first-order valence-corrected chi connectivity index (χ1v) is 5.41. The summed E-state index contributed by atoms with van der Waals surface area (Å²) in [5, 5.41) is 10.6. The molecule has 1 amide bonds. The molecular formula is C11H10N4O3. The van der Waals surface area contributed by atoms with Gasteiger partial charge in [-0.25, -0.2) is 0 Å². The summed E-state index contributed by atoms with van der Waals surface area (Å²) in [6.45, 7) is 0.378. The third-order valence-electron chi connectivity index (χ3n) is 2.81. The lowest BCUT2D eigenvalue weighted by Gasteiger charge is -2.26. The van der Waals surface area contributed by atoms with Crippen LogP contribution in [-0.4, -0.2) is 28.0 Å². The average molecular weight is 246 g/mol. The Morgan fingerprint density at radius 1 is 1.44 bits per heavy atom. The highest BCUT2D eigenvalue weighted by Crippen LogP contribution is 2.26. The van der Waals surface area contributed by atoms with E-state index in [0.717, 1.165) is 18.4 Å². The van der Waals surface area contributed by atoms with Gasteiger partial charge in [-0.15, -0.1) is 0 Å². The Morgan fingerprint density at radius 3 is 2.83 bits per heavy atom. The van der Waals surface area contributed by atoms with Crippen molar-refractivity contribution in [2.24, 2.45) is 0 Å². The molecule has 7 heteroatoms. The molecule has 0 unspecified atom stereocenters. The van der Waals surface area contributed by atoms with E-state index in [1.165, 1.54) is 4.90 Å². The maximum absolute atomic E-state index is 11.9. The predicted octanol–water partition coefficient (Wildman–Crippen LogP) is 0.871. The Balaban J connectivity index is 2.39. The van der Waals surface area contributed by atoms with E-state index in [-0.39, 0.29) is 0 Å². The Labute approximate surface area is 102 Å². The molecule has 0 atom stereocenters. The monoisotopic (exact) mass is 246 g/mol. The highest BCUT2D eigenvalue weighted by atomic mass is 16.6. The van der Waals surface area contributed by atoms with Gasteiger partial charge in [0.05, 0.1) is 0 Å². The number of benzene rings is 1. The van der Waals surface area contributed by atoms with Gasteiger partial charge in [0.2, 0.25) is 0 Å².